The van der Waals surface area contributed by atoms with Crippen molar-refractivity contribution in [1.29, 1.82) is 0 Å². The van der Waals surface area contributed by atoms with E-state index in [1.165, 1.54) is 30.4 Å². The number of fused-ring (bicyclic) bond motifs is 1. The van der Waals surface area contributed by atoms with Crippen LogP contribution in [0, 0.1) is 0 Å². The topological polar surface area (TPSA) is 32.6 Å². The van der Waals surface area contributed by atoms with E-state index in [4.69, 9.17) is 0 Å². The molecule has 1 saturated heterocycles. The van der Waals surface area contributed by atoms with Crippen LogP contribution in [0.2, 0.25) is 0 Å². The average Bonchev–Trinajstić information content (AvgIpc) is 3.11. The molecule has 4 rings (SSSR count). The summed E-state index contributed by atoms with van der Waals surface area (Å²) in [7, 11) is 1.94. The van der Waals surface area contributed by atoms with Crippen LogP contribution < -0.4 is 5.32 Å². The highest BCUT2D eigenvalue weighted by Gasteiger charge is 2.16. The second-order valence-corrected chi connectivity index (χ2v) is 6.61. The Hall–Kier alpha value is -2.75. The molecule has 4 nitrogen and oxygen atoms in total. The summed E-state index contributed by atoms with van der Waals surface area (Å²) in [5.41, 5.74) is 6.60. The van der Waals surface area contributed by atoms with E-state index in [1.54, 1.807) is 0 Å². The van der Waals surface area contributed by atoms with Crippen molar-refractivity contribution in [2.75, 3.05) is 25.5 Å². The summed E-state index contributed by atoms with van der Waals surface area (Å²) in [5, 5.41) is 3.20. The van der Waals surface area contributed by atoms with E-state index in [0.717, 1.165) is 35.8 Å². The Morgan fingerprint density at radius 3 is 2.72 bits per heavy atom. The first-order chi connectivity index (χ1) is 12.3. The van der Waals surface area contributed by atoms with Crippen LogP contribution >= 0.6 is 0 Å². The molecule has 25 heavy (non-hydrogen) atoms. The fraction of sp³-hybridized carbons (Fsp3) is 0.286. The van der Waals surface area contributed by atoms with Gasteiger partial charge in [-0.2, -0.15) is 0 Å². The zero-order valence-electron chi connectivity index (χ0n) is 14.7. The number of nitrogens with zero attached hydrogens (tertiary/aromatic N) is 3. The number of hydrogen-bond donors (Lipinski definition) is 1. The van der Waals surface area contributed by atoms with E-state index in [0.29, 0.717) is 0 Å². The summed E-state index contributed by atoms with van der Waals surface area (Å²) in [6, 6.07) is 12.7. The molecule has 0 radical (unpaired) electrons. The molecule has 0 amide bonds. The third-order valence-corrected chi connectivity index (χ3v) is 5.02. The third kappa shape index (κ3) is 3.00. The Balaban J connectivity index is 1.73. The van der Waals surface area contributed by atoms with E-state index in [1.807, 2.05) is 13.2 Å². The molecule has 1 N–H and O–H groups in total. The number of aromatic nitrogens is 2. The first-order valence-electron chi connectivity index (χ1n) is 8.96. The zero-order valence-corrected chi connectivity index (χ0v) is 14.7. The van der Waals surface area contributed by atoms with Crippen LogP contribution in [0.15, 0.2) is 55.4 Å². The molecule has 3 heterocycles. The van der Waals surface area contributed by atoms with Crippen molar-refractivity contribution in [2.45, 2.75) is 19.3 Å². The minimum absolute atomic E-state index is 0.960. The van der Waals surface area contributed by atoms with Gasteiger partial charge in [0.2, 0.25) is 0 Å². The van der Waals surface area contributed by atoms with Crippen molar-refractivity contribution in [1.82, 2.24) is 14.3 Å². The first kappa shape index (κ1) is 15.8. The quantitative estimate of drug-likeness (QED) is 0.763. The smallest absolute Gasteiger partial charge is 0.137 e. The molecule has 1 fully saturated rings. The van der Waals surface area contributed by atoms with Gasteiger partial charge in [0.05, 0.1) is 17.6 Å². The number of benzene rings is 1. The van der Waals surface area contributed by atoms with E-state index in [-0.39, 0.29) is 0 Å². The van der Waals surface area contributed by atoms with Crippen LogP contribution in [0.3, 0.4) is 0 Å². The van der Waals surface area contributed by atoms with Crippen LogP contribution in [-0.4, -0.2) is 34.4 Å². The van der Waals surface area contributed by atoms with Crippen LogP contribution in [0.4, 0.5) is 5.69 Å². The second kappa shape index (κ2) is 6.63. The number of hydrogen-bond acceptors (Lipinski definition) is 3. The maximum atomic E-state index is 4.57. The average molecular weight is 332 g/mol. The number of pyridine rings is 1. The van der Waals surface area contributed by atoms with E-state index >= 15 is 0 Å². The molecule has 0 aliphatic carbocycles. The maximum Gasteiger partial charge on any atom is 0.137 e. The molecule has 0 unspecified atom stereocenters. The molecule has 0 saturated carbocycles. The SMILES string of the molecule is C=C(c1cnc2ccc(-c3cccc(NC)c3)cn12)N1CCCCC1. The molecular weight excluding hydrogens is 308 g/mol. The summed E-state index contributed by atoms with van der Waals surface area (Å²) < 4.78 is 2.16. The molecule has 128 valence electrons. The molecule has 1 aromatic carbocycles. The Kier molecular flexibility index (Phi) is 4.18. The lowest BCUT2D eigenvalue weighted by Gasteiger charge is -2.30. The molecule has 1 aliphatic heterocycles. The molecule has 0 spiro atoms. The van der Waals surface area contributed by atoms with Gasteiger partial charge >= 0.3 is 0 Å². The summed E-state index contributed by atoms with van der Waals surface area (Å²) in [6.07, 6.45) is 7.93. The Morgan fingerprint density at radius 1 is 1.08 bits per heavy atom. The van der Waals surface area contributed by atoms with Crippen molar-refractivity contribution in [3.05, 3.63) is 61.1 Å². The number of likely N-dealkylation sites (tertiary alicyclic amines) is 1. The van der Waals surface area contributed by atoms with Crippen LogP contribution in [-0.2, 0) is 0 Å². The van der Waals surface area contributed by atoms with Crippen LogP contribution in [0.25, 0.3) is 22.5 Å². The summed E-state index contributed by atoms with van der Waals surface area (Å²) >= 11 is 0. The molecule has 2 aromatic heterocycles. The monoisotopic (exact) mass is 332 g/mol. The standard InChI is InChI=1S/C21H24N4/c1-16(24-11-4-3-5-12-24)20-14-23-21-10-9-18(15-25(20)21)17-7-6-8-19(13-17)22-2/h6-10,13-15,22H,1,3-5,11-12H2,2H3. The van der Waals surface area contributed by atoms with Gasteiger partial charge in [0.25, 0.3) is 0 Å². The zero-order chi connectivity index (χ0) is 17.2. The number of imidazole rings is 1. The number of rotatable bonds is 4. The summed E-state index contributed by atoms with van der Waals surface area (Å²) in [5.74, 6) is 0. The van der Waals surface area contributed by atoms with Gasteiger partial charge in [-0.05, 0) is 54.7 Å². The molecular formula is C21H24N4. The van der Waals surface area contributed by atoms with Gasteiger partial charge in [0, 0.05) is 32.0 Å². The number of anilines is 1. The van der Waals surface area contributed by atoms with Crippen molar-refractivity contribution >= 4 is 17.0 Å². The van der Waals surface area contributed by atoms with E-state index in [2.05, 4.69) is 68.8 Å². The van der Waals surface area contributed by atoms with Gasteiger partial charge in [-0.25, -0.2) is 4.98 Å². The minimum Gasteiger partial charge on any atom is -0.388 e. The number of nitrogens with one attached hydrogen (secondary N) is 1. The van der Waals surface area contributed by atoms with Crippen molar-refractivity contribution in [2.24, 2.45) is 0 Å². The highest BCUT2D eigenvalue weighted by Crippen LogP contribution is 2.27. The van der Waals surface area contributed by atoms with Crippen molar-refractivity contribution in [3.63, 3.8) is 0 Å². The van der Waals surface area contributed by atoms with Crippen LogP contribution in [0.1, 0.15) is 25.0 Å². The highest BCUT2D eigenvalue weighted by atomic mass is 15.2. The Labute approximate surface area is 148 Å². The Morgan fingerprint density at radius 2 is 1.92 bits per heavy atom. The lowest BCUT2D eigenvalue weighted by molar-refractivity contribution is 0.325. The van der Waals surface area contributed by atoms with Gasteiger partial charge in [-0.15, -0.1) is 0 Å². The summed E-state index contributed by atoms with van der Waals surface area (Å²) in [6.45, 7) is 6.54. The Bertz CT molecular complexity index is 903. The molecule has 1 aliphatic rings. The van der Waals surface area contributed by atoms with Gasteiger partial charge in [-0.1, -0.05) is 18.7 Å². The predicted molar refractivity (Wildman–Crippen MR) is 105 cm³/mol. The third-order valence-electron chi connectivity index (χ3n) is 5.02. The fourth-order valence-electron chi connectivity index (χ4n) is 3.54. The van der Waals surface area contributed by atoms with Gasteiger partial charge in [-0.3, -0.25) is 4.40 Å². The summed E-state index contributed by atoms with van der Waals surface area (Å²) in [4.78, 5) is 6.96. The number of piperidine rings is 1. The second-order valence-electron chi connectivity index (χ2n) is 6.61. The van der Waals surface area contributed by atoms with Crippen molar-refractivity contribution in [3.8, 4) is 11.1 Å². The van der Waals surface area contributed by atoms with E-state index < -0.39 is 0 Å². The van der Waals surface area contributed by atoms with Gasteiger partial charge in [0.15, 0.2) is 0 Å². The predicted octanol–water partition coefficient (Wildman–Crippen LogP) is 4.50. The first-order valence-corrected chi connectivity index (χ1v) is 8.96. The maximum absolute atomic E-state index is 4.57. The van der Waals surface area contributed by atoms with Gasteiger partial charge in [0.1, 0.15) is 5.65 Å². The lowest BCUT2D eigenvalue weighted by Crippen LogP contribution is -2.28. The largest absolute Gasteiger partial charge is 0.388 e. The normalized spacial score (nSPS) is 14.7. The molecule has 0 atom stereocenters. The fourth-order valence-corrected chi connectivity index (χ4v) is 3.54. The molecule has 0 bridgehead atoms. The van der Waals surface area contributed by atoms with Crippen LogP contribution in [0.5, 0.6) is 0 Å². The van der Waals surface area contributed by atoms with E-state index in [9.17, 15) is 0 Å². The van der Waals surface area contributed by atoms with Crippen molar-refractivity contribution < 1.29 is 0 Å². The highest BCUT2D eigenvalue weighted by molar-refractivity contribution is 5.70. The lowest BCUT2D eigenvalue weighted by atomic mass is 10.1. The molecule has 3 aromatic rings. The molecule has 4 heteroatoms. The minimum atomic E-state index is 0.960. The van der Waals surface area contributed by atoms with Gasteiger partial charge < -0.3 is 10.2 Å².